The topological polar surface area (TPSA) is 105 Å². The van der Waals surface area contributed by atoms with Crippen molar-refractivity contribution in [1.29, 1.82) is 0 Å². The number of rotatable bonds is 16. The fraction of sp³-hybridized carbons (Fsp3) is 0.125. The Morgan fingerprint density at radius 3 is 1.09 bits per heavy atom. The Kier molecular flexibility index (Phi) is 12.3. The van der Waals surface area contributed by atoms with Crippen molar-refractivity contribution in [3.05, 3.63) is 203 Å². The molecule has 7 aromatic carbocycles. The molecule has 0 aliphatic rings. The summed E-state index contributed by atoms with van der Waals surface area (Å²) in [5.41, 5.74) is 5.97. The molecule has 0 unspecified atom stereocenters. The second kappa shape index (κ2) is 17.8. The SMILES string of the molecule is Cc1ccccc1COc1ccc(S(=O)(=O)c2ccccc2OCc2ccc(COc3ccccc3S(=O)(=O)c3ccc(OCc4ccccc4C)cc3)cc2)cc1. The van der Waals surface area contributed by atoms with Crippen molar-refractivity contribution >= 4 is 19.7 Å². The average molecular weight is 811 g/mol. The predicted octanol–water partition coefficient (Wildman–Crippen LogP) is 10.3. The molecular formula is C48H42O8S2. The van der Waals surface area contributed by atoms with E-state index in [2.05, 4.69) is 0 Å². The first-order chi connectivity index (χ1) is 28.1. The molecule has 0 N–H and O–H groups in total. The smallest absolute Gasteiger partial charge is 0.210 e. The molecule has 7 rings (SSSR count). The first-order valence-electron chi connectivity index (χ1n) is 18.6. The van der Waals surface area contributed by atoms with E-state index in [4.69, 9.17) is 18.9 Å². The van der Waals surface area contributed by atoms with Crippen LogP contribution in [0.1, 0.15) is 33.4 Å². The molecule has 0 atom stereocenters. The second-order valence-corrected chi connectivity index (χ2v) is 17.5. The standard InChI is InChI=1S/C48H42O8S2/c1-35-11-3-5-13-39(35)33-53-41-23-27-43(28-24-41)57(49,50)47-17-9-7-15-45(47)55-31-37-19-21-38(22-20-37)32-56-46-16-8-10-18-48(46)58(51,52)44-29-25-42(26-30-44)54-34-40-14-6-4-12-36(40)2/h3-30H,31-34H2,1-2H3. The van der Waals surface area contributed by atoms with Crippen LogP contribution >= 0.6 is 0 Å². The molecule has 0 bridgehead atoms. The van der Waals surface area contributed by atoms with Gasteiger partial charge in [-0.25, -0.2) is 16.8 Å². The van der Waals surface area contributed by atoms with E-state index in [-0.39, 0.29) is 44.3 Å². The van der Waals surface area contributed by atoms with Gasteiger partial charge in [-0.3, -0.25) is 0 Å². The monoisotopic (exact) mass is 810 g/mol. The lowest BCUT2D eigenvalue weighted by atomic mass is 10.1. The summed E-state index contributed by atoms with van der Waals surface area (Å²) < 4.78 is 78.8. The number of hydrogen-bond donors (Lipinski definition) is 0. The van der Waals surface area contributed by atoms with E-state index in [1.54, 1.807) is 60.7 Å². The molecule has 0 heterocycles. The Morgan fingerprint density at radius 2 is 0.707 bits per heavy atom. The molecule has 0 radical (unpaired) electrons. The lowest BCUT2D eigenvalue weighted by Gasteiger charge is -2.14. The molecule has 0 saturated carbocycles. The number of aryl methyl sites for hydroxylation is 2. The highest BCUT2D eigenvalue weighted by Gasteiger charge is 2.24. The maximum absolute atomic E-state index is 13.7. The summed E-state index contributed by atoms with van der Waals surface area (Å²) in [6.45, 7) is 5.04. The molecule has 0 spiro atoms. The van der Waals surface area contributed by atoms with Crippen LogP contribution in [0.15, 0.2) is 189 Å². The van der Waals surface area contributed by atoms with Gasteiger partial charge in [-0.05, 0) is 120 Å². The molecule has 8 nitrogen and oxygen atoms in total. The van der Waals surface area contributed by atoms with Gasteiger partial charge in [0.25, 0.3) is 0 Å². The predicted molar refractivity (Wildman–Crippen MR) is 223 cm³/mol. The van der Waals surface area contributed by atoms with E-state index < -0.39 is 19.7 Å². The van der Waals surface area contributed by atoms with Crippen LogP contribution in [0.3, 0.4) is 0 Å². The van der Waals surface area contributed by atoms with Gasteiger partial charge in [0.1, 0.15) is 59.2 Å². The minimum Gasteiger partial charge on any atom is -0.489 e. The van der Waals surface area contributed by atoms with E-state index in [0.717, 1.165) is 33.4 Å². The molecule has 294 valence electrons. The van der Waals surface area contributed by atoms with Crippen LogP contribution in [0.4, 0.5) is 0 Å². The van der Waals surface area contributed by atoms with Crippen LogP contribution in [0.2, 0.25) is 0 Å². The Labute approximate surface area is 340 Å². The zero-order valence-electron chi connectivity index (χ0n) is 32.1. The third kappa shape index (κ3) is 9.42. The maximum Gasteiger partial charge on any atom is 0.210 e. The van der Waals surface area contributed by atoms with Crippen molar-refractivity contribution in [2.45, 2.75) is 59.9 Å². The van der Waals surface area contributed by atoms with Crippen LogP contribution in [0.5, 0.6) is 23.0 Å². The van der Waals surface area contributed by atoms with E-state index in [9.17, 15) is 16.8 Å². The number of sulfone groups is 2. The molecule has 0 aliphatic heterocycles. The van der Waals surface area contributed by atoms with Crippen molar-refractivity contribution in [2.75, 3.05) is 0 Å². The molecule has 0 saturated heterocycles. The van der Waals surface area contributed by atoms with Gasteiger partial charge in [-0.2, -0.15) is 0 Å². The van der Waals surface area contributed by atoms with Crippen molar-refractivity contribution in [2.24, 2.45) is 0 Å². The zero-order valence-corrected chi connectivity index (χ0v) is 33.7. The van der Waals surface area contributed by atoms with E-state index in [1.165, 1.54) is 36.4 Å². The Morgan fingerprint density at radius 1 is 0.362 bits per heavy atom. The van der Waals surface area contributed by atoms with E-state index in [1.807, 2.05) is 86.6 Å². The van der Waals surface area contributed by atoms with Crippen LogP contribution in [-0.4, -0.2) is 16.8 Å². The van der Waals surface area contributed by atoms with Crippen LogP contribution in [0, 0.1) is 13.8 Å². The second-order valence-electron chi connectivity index (χ2n) is 13.7. The highest BCUT2D eigenvalue weighted by atomic mass is 32.2. The number of ether oxygens (including phenoxy) is 4. The molecule has 10 heteroatoms. The van der Waals surface area contributed by atoms with Gasteiger partial charge in [-0.15, -0.1) is 0 Å². The number of hydrogen-bond acceptors (Lipinski definition) is 8. The largest absolute Gasteiger partial charge is 0.489 e. The summed E-state index contributed by atoms with van der Waals surface area (Å²) in [7, 11) is -7.80. The molecule has 0 aromatic heterocycles. The maximum atomic E-state index is 13.7. The zero-order chi connectivity index (χ0) is 40.5. The summed E-state index contributed by atoms with van der Waals surface area (Å²) in [5, 5.41) is 0. The highest BCUT2D eigenvalue weighted by molar-refractivity contribution is 7.92. The normalized spacial score (nSPS) is 11.5. The molecule has 7 aromatic rings. The van der Waals surface area contributed by atoms with Crippen molar-refractivity contribution < 1.29 is 35.8 Å². The quantitative estimate of drug-likeness (QED) is 0.0950. The van der Waals surface area contributed by atoms with Gasteiger partial charge in [0.15, 0.2) is 0 Å². The van der Waals surface area contributed by atoms with Gasteiger partial charge in [-0.1, -0.05) is 97.1 Å². The fourth-order valence-corrected chi connectivity index (χ4v) is 8.98. The first kappa shape index (κ1) is 39.9. The number of benzene rings is 7. The minimum absolute atomic E-state index is 0.0598. The van der Waals surface area contributed by atoms with Crippen molar-refractivity contribution in [3.63, 3.8) is 0 Å². The molecule has 58 heavy (non-hydrogen) atoms. The van der Waals surface area contributed by atoms with Gasteiger partial charge < -0.3 is 18.9 Å². The van der Waals surface area contributed by atoms with Crippen LogP contribution in [-0.2, 0) is 46.1 Å². The summed E-state index contributed by atoms with van der Waals surface area (Å²) >= 11 is 0. The van der Waals surface area contributed by atoms with Gasteiger partial charge >= 0.3 is 0 Å². The highest BCUT2D eigenvalue weighted by Crippen LogP contribution is 2.33. The third-order valence-corrected chi connectivity index (χ3v) is 13.3. The summed E-state index contributed by atoms with van der Waals surface area (Å²) in [6.07, 6.45) is 0. The van der Waals surface area contributed by atoms with Crippen LogP contribution in [0.25, 0.3) is 0 Å². The lowest BCUT2D eigenvalue weighted by Crippen LogP contribution is -2.07. The summed E-state index contributed by atoms with van der Waals surface area (Å²) in [5.74, 6) is 1.60. The van der Waals surface area contributed by atoms with Crippen LogP contribution < -0.4 is 18.9 Å². The lowest BCUT2D eigenvalue weighted by molar-refractivity contribution is 0.294. The molecule has 0 amide bonds. The minimum atomic E-state index is -3.90. The van der Waals surface area contributed by atoms with Gasteiger partial charge in [0.05, 0.1) is 9.79 Å². The summed E-state index contributed by atoms with van der Waals surface area (Å²) in [6, 6.07) is 49.2. The summed E-state index contributed by atoms with van der Waals surface area (Å²) in [4.78, 5) is 0.375. The Bertz CT molecular complexity index is 2520. The Balaban J connectivity index is 0.954. The third-order valence-electron chi connectivity index (χ3n) is 9.67. The first-order valence-corrected chi connectivity index (χ1v) is 21.6. The number of para-hydroxylation sites is 2. The molecular weight excluding hydrogens is 769 g/mol. The van der Waals surface area contributed by atoms with E-state index in [0.29, 0.717) is 24.7 Å². The van der Waals surface area contributed by atoms with Crippen molar-refractivity contribution in [3.8, 4) is 23.0 Å². The van der Waals surface area contributed by atoms with Gasteiger partial charge in [0, 0.05) is 0 Å². The van der Waals surface area contributed by atoms with Crippen molar-refractivity contribution in [1.82, 2.24) is 0 Å². The average Bonchev–Trinajstić information content (AvgIpc) is 3.25. The molecule has 0 aliphatic carbocycles. The molecule has 0 fully saturated rings. The van der Waals surface area contributed by atoms with Gasteiger partial charge in [0.2, 0.25) is 19.7 Å². The fourth-order valence-electron chi connectivity index (χ4n) is 6.19. The van der Waals surface area contributed by atoms with E-state index >= 15 is 0 Å². The Hall–Kier alpha value is -6.36.